The van der Waals surface area contributed by atoms with E-state index in [9.17, 15) is 13.2 Å². The Morgan fingerprint density at radius 1 is 1.10 bits per heavy atom. The van der Waals surface area contributed by atoms with Crippen LogP contribution in [0, 0.1) is 0 Å². The number of sulfonamides is 1. The number of anilines is 1. The third kappa shape index (κ3) is 5.08. The molecule has 0 saturated carbocycles. The molecule has 1 N–H and O–H groups in total. The van der Waals surface area contributed by atoms with E-state index in [0.29, 0.717) is 23.9 Å². The molecule has 1 atom stereocenters. The van der Waals surface area contributed by atoms with Gasteiger partial charge in [0, 0.05) is 25.0 Å². The maximum Gasteiger partial charge on any atom is 0.244 e. The fourth-order valence-corrected chi connectivity index (χ4v) is 5.36. The summed E-state index contributed by atoms with van der Waals surface area (Å²) in [6, 6.07) is 10.9. The summed E-state index contributed by atoms with van der Waals surface area (Å²) in [4.78, 5) is 12.8. The summed E-state index contributed by atoms with van der Waals surface area (Å²) < 4.78 is 28.7. The van der Waals surface area contributed by atoms with E-state index in [0.717, 1.165) is 12.1 Å². The number of hydrogen-bond donors (Lipinski definition) is 1. The molecule has 0 radical (unpaired) electrons. The summed E-state index contributed by atoms with van der Waals surface area (Å²) in [6.45, 7) is 8.23. The highest BCUT2D eigenvalue weighted by atomic mass is 32.2. The van der Waals surface area contributed by atoms with E-state index < -0.39 is 15.3 Å². The van der Waals surface area contributed by atoms with E-state index in [1.807, 2.05) is 24.3 Å². The van der Waals surface area contributed by atoms with E-state index in [1.165, 1.54) is 33.9 Å². The third-order valence-electron chi connectivity index (χ3n) is 4.97. The molecule has 1 aromatic carbocycles. The summed E-state index contributed by atoms with van der Waals surface area (Å²) in [5, 5.41) is 11.1. The van der Waals surface area contributed by atoms with Gasteiger partial charge in [0.1, 0.15) is 0 Å². The van der Waals surface area contributed by atoms with Crippen molar-refractivity contribution in [2.75, 3.05) is 18.4 Å². The van der Waals surface area contributed by atoms with Gasteiger partial charge in [-0.3, -0.25) is 9.20 Å². The van der Waals surface area contributed by atoms with Crippen molar-refractivity contribution in [2.45, 2.75) is 49.4 Å². The van der Waals surface area contributed by atoms with Crippen LogP contribution in [0.25, 0.3) is 5.65 Å². The number of aryl methyl sites for hydroxylation is 1. The number of thioether (sulfide) groups is 1. The van der Waals surface area contributed by atoms with Gasteiger partial charge in [-0.05, 0) is 43.2 Å². The molecule has 0 aliphatic carbocycles. The maximum absolute atomic E-state index is 12.9. The van der Waals surface area contributed by atoms with Crippen LogP contribution in [0.4, 0.5) is 5.69 Å². The second-order valence-electron chi connectivity index (χ2n) is 6.96. The molecule has 0 aliphatic rings. The van der Waals surface area contributed by atoms with Gasteiger partial charge in [-0.1, -0.05) is 44.7 Å². The van der Waals surface area contributed by atoms with Crippen molar-refractivity contribution in [1.82, 2.24) is 18.9 Å². The van der Waals surface area contributed by atoms with Crippen molar-refractivity contribution >= 4 is 39.0 Å². The highest BCUT2D eigenvalue weighted by Crippen LogP contribution is 2.25. The third-order valence-corrected chi connectivity index (χ3v) is 8.06. The van der Waals surface area contributed by atoms with E-state index in [2.05, 4.69) is 22.4 Å². The minimum absolute atomic E-state index is 0.165. The molecular formula is C21H27N5O3S2. The topological polar surface area (TPSA) is 96.7 Å². The Morgan fingerprint density at radius 3 is 2.39 bits per heavy atom. The number of hydrogen-bond acceptors (Lipinski definition) is 6. The summed E-state index contributed by atoms with van der Waals surface area (Å²) in [5.41, 5.74) is 2.45. The van der Waals surface area contributed by atoms with Crippen LogP contribution in [0.5, 0.6) is 0 Å². The highest BCUT2D eigenvalue weighted by Gasteiger charge is 2.24. The van der Waals surface area contributed by atoms with Crippen LogP contribution in [-0.4, -0.2) is 51.6 Å². The number of carbonyl (C=O) groups is 1. The van der Waals surface area contributed by atoms with Crippen molar-refractivity contribution < 1.29 is 13.2 Å². The zero-order chi connectivity index (χ0) is 22.6. The molecule has 10 heteroatoms. The smallest absolute Gasteiger partial charge is 0.244 e. The molecule has 0 bridgehead atoms. The Balaban J connectivity index is 1.80. The van der Waals surface area contributed by atoms with Gasteiger partial charge in [-0.15, -0.1) is 10.2 Å². The van der Waals surface area contributed by atoms with Gasteiger partial charge in [0.25, 0.3) is 0 Å². The number of nitrogens with zero attached hydrogens (tertiary/aromatic N) is 4. The van der Waals surface area contributed by atoms with Gasteiger partial charge in [0.05, 0.1) is 10.1 Å². The predicted molar refractivity (Wildman–Crippen MR) is 123 cm³/mol. The molecule has 0 unspecified atom stereocenters. The number of benzene rings is 1. The second-order valence-corrected chi connectivity index (χ2v) is 10.2. The zero-order valence-electron chi connectivity index (χ0n) is 18.1. The Labute approximate surface area is 187 Å². The van der Waals surface area contributed by atoms with Crippen LogP contribution in [0.2, 0.25) is 0 Å². The molecule has 0 saturated heterocycles. The molecule has 0 aliphatic heterocycles. The van der Waals surface area contributed by atoms with Crippen LogP contribution < -0.4 is 5.32 Å². The van der Waals surface area contributed by atoms with Gasteiger partial charge < -0.3 is 5.32 Å². The fraction of sp³-hybridized carbons (Fsp3) is 0.381. The van der Waals surface area contributed by atoms with Crippen LogP contribution in [0.15, 0.2) is 52.6 Å². The Morgan fingerprint density at radius 2 is 1.77 bits per heavy atom. The lowest BCUT2D eigenvalue weighted by Crippen LogP contribution is -2.30. The molecule has 166 valence electrons. The van der Waals surface area contributed by atoms with Crippen LogP contribution in [0.1, 0.15) is 33.3 Å². The molecule has 8 nitrogen and oxygen atoms in total. The van der Waals surface area contributed by atoms with Crippen LogP contribution >= 0.6 is 11.8 Å². The number of carbonyl (C=O) groups excluding carboxylic acids is 1. The largest absolute Gasteiger partial charge is 0.325 e. The van der Waals surface area contributed by atoms with Crippen molar-refractivity contribution in [3.8, 4) is 0 Å². The molecule has 2 heterocycles. The quantitative estimate of drug-likeness (QED) is 0.490. The summed E-state index contributed by atoms with van der Waals surface area (Å²) in [7, 11) is -3.61. The Hall–Kier alpha value is -2.43. The minimum atomic E-state index is -3.61. The summed E-state index contributed by atoms with van der Waals surface area (Å²) in [5.74, 6) is -0.169. The molecule has 2 aromatic heterocycles. The van der Waals surface area contributed by atoms with Crippen LogP contribution in [0.3, 0.4) is 0 Å². The van der Waals surface area contributed by atoms with E-state index in [4.69, 9.17) is 0 Å². The van der Waals surface area contributed by atoms with Crippen molar-refractivity contribution in [2.24, 2.45) is 0 Å². The zero-order valence-corrected chi connectivity index (χ0v) is 19.7. The number of aromatic nitrogens is 3. The lowest BCUT2D eigenvalue weighted by molar-refractivity contribution is -0.115. The monoisotopic (exact) mass is 461 g/mol. The summed E-state index contributed by atoms with van der Waals surface area (Å²) >= 11 is 1.22. The fourth-order valence-electron chi connectivity index (χ4n) is 3.08. The first-order valence-electron chi connectivity index (χ1n) is 10.2. The summed E-state index contributed by atoms with van der Waals surface area (Å²) in [6.07, 6.45) is 2.45. The van der Waals surface area contributed by atoms with Gasteiger partial charge in [0.15, 0.2) is 10.8 Å². The number of nitrogens with one attached hydrogen (secondary N) is 1. The number of pyridine rings is 1. The molecule has 31 heavy (non-hydrogen) atoms. The normalized spacial score (nSPS) is 12.9. The van der Waals surface area contributed by atoms with Gasteiger partial charge in [-0.25, -0.2) is 8.42 Å². The predicted octanol–water partition coefficient (Wildman–Crippen LogP) is 3.44. The lowest BCUT2D eigenvalue weighted by atomic mass is 10.1. The van der Waals surface area contributed by atoms with Crippen molar-refractivity contribution in [1.29, 1.82) is 0 Å². The highest BCUT2D eigenvalue weighted by molar-refractivity contribution is 8.00. The van der Waals surface area contributed by atoms with Gasteiger partial charge >= 0.3 is 0 Å². The van der Waals surface area contributed by atoms with Gasteiger partial charge in [0.2, 0.25) is 15.9 Å². The molecule has 1 amide bonds. The van der Waals surface area contributed by atoms with Crippen molar-refractivity contribution in [3.63, 3.8) is 0 Å². The Bertz CT molecular complexity index is 1160. The molecular weight excluding hydrogens is 434 g/mol. The average molecular weight is 462 g/mol. The minimum Gasteiger partial charge on any atom is -0.325 e. The first-order valence-corrected chi connectivity index (χ1v) is 12.5. The maximum atomic E-state index is 12.9. The standard InChI is InChI=1S/C21H27N5O3S2/c1-5-16-8-10-17(11-9-16)22-20(27)15(4)30-21-24-23-19-13-12-18(14-26(19)21)31(28,29)25(6-2)7-3/h8-15H,5-7H2,1-4H3,(H,22,27)/t15-/m1/s1. The molecule has 3 rings (SSSR count). The van der Waals surface area contributed by atoms with Gasteiger partial charge in [-0.2, -0.15) is 4.31 Å². The van der Waals surface area contributed by atoms with Crippen molar-refractivity contribution in [3.05, 3.63) is 48.2 Å². The molecule has 0 spiro atoms. The molecule has 3 aromatic rings. The van der Waals surface area contributed by atoms with E-state index in [-0.39, 0.29) is 10.8 Å². The van der Waals surface area contributed by atoms with E-state index in [1.54, 1.807) is 31.2 Å². The molecule has 0 fully saturated rings. The SMILES string of the molecule is CCc1ccc(NC(=O)[C@@H](C)Sc2nnc3ccc(S(=O)(=O)N(CC)CC)cn23)cc1. The Kier molecular flexibility index (Phi) is 7.34. The number of rotatable bonds is 9. The number of amides is 1. The first-order chi connectivity index (χ1) is 14.8. The first kappa shape index (κ1) is 23.2. The average Bonchev–Trinajstić information content (AvgIpc) is 3.17. The van der Waals surface area contributed by atoms with Crippen LogP contribution in [-0.2, 0) is 21.2 Å². The lowest BCUT2D eigenvalue weighted by Gasteiger charge is -2.18. The number of fused-ring (bicyclic) bond motifs is 1. The van der Waals surface area contributed by atoms with E-state index >= 15 is 0 Å². The second kappa shape index (κ2) is 9.80.